The highest BCUT2D eigenvalue weighted by molar-refractivity contribution is 7.13. The van der Waals surface area contributed by atoms with Crippen molar-refractivity contribution in [1.82, 2.24) is 20.5 Å². The van der Waals surface area contributed by atoms with Crippen LogP contribution in [0.2, 0.25) is 0 Å². The highest BCUT2D eigenvalue weighted by Gasteiger charge is 2.28. The molecule has 1 aromatic heterocycles. The molecule has 1 saturated carbocycles. The van der Waals surface area contributed by atoms with Gasteiger partial charge in [-0.1, -0.05) is 25.7 Å². The minimum absolute atomic E-state index is 0.0321. The minimum atomic E-state index is -0.540. The van der Waals surface area contributed by atoms with E-state index in [9.17, 15) is 19.6 Å². The predicted molar refractivity (Wildman–Crippen MR) is 105 cm³/mol. The van der Waals surface area contributed by atoms with E-state index in [1.54, 1.807) is 16.6 Å². The molecule has 0 spiro atoms. The predicted octanol–water partition coefficient (Wildman–Crippen LogP) is 1.87. The van der Waals surface area contributed by atoms with Gasteiger partial charge in [-0.05, 0) is 26.2 Å². The van der Waals surface area contributed by atoms with Crippen molar-refractivity contribution in [2.45, 2.75) is 52.0 Å². The van der Waals surface area contributed by atoms with E-state index in [0.717, 1.165) is 25.7 Å². The number of carbonyl (C=O) groups is 3. The molecule has 1 fully saturated rings. The van der Waals surface area contributed by atoms with Crippen LogP contribution in [0.1, 0.15) is 46.0 Å². The lowest BCUT2D eigenvalue weighted by Gasteiger charge is -2.29. The van der Waals surface area contributed by atoms with Gasteiger partial charge in [0.15, 0.2) is 5.13 Å². The third kappa shape index (κ3) is 7.17. The Bertz CT molecular complexity index is 634. The number of nitrogens with zero attached hydrogens (tertiary/aromatic N) is 3. The van der Waals surface area contributed by atoms with Crippen LogP contribution < -0.4 is 10.7 Å². The van der Waals surface area contributed by atoms with E-state index in [0.29, 0.717) is 28.9 Å². The fourth-order valence-corrected chi connectivity index (χ4v) is 3.91. The van der Waals surface area contributed by atoms with Gasteiger partial charge in [0.2, 0.25) is 18.2 Å². The molecule has 0 bridgehead atoms. The van der Waals surface area contributed by atoms with Crippen LogP contribution in [0.3, 0.4) is 0 Å². The molecule has 0 saturated heterocycles. The van der Waals surface area contributed by atoms with E-state index < -0.39 is 5.92 Å². The van der Waals surface area contributed by atoms with E-state index in [1.807, 2.05) is 13.8 Å². The van der Waals surface area contributed by atoms with Gasteiger partial charge in [-0.3, -0.25) is 25.0 Å². The number of aromatic nitrogens is 1. The SMILES string of the molecule is CC(C)N(CC(=O)Nc1nccs1)NC(=O)[C@H](CC1CCCC1)CN(O)C=O. The summed E-state index contributed by atoms with van der Waals surface area (Å²) in [4.78, 5) is 39.9. The Balaban J connectivity index is 1.97. The largest absolute Gasteiger partial charge is 0.301 e. The first kappa shape index (κ1) is 22.3. The molecule has 28 heavy (non-hydrogen) atoms. The molecule has 1 atom stereocenters. The number of rotatable bonds is 11. The zero-order valence-corrected chi connectivity index (χ0v) is 17.2. The Morgan fingerprint density at radius 3 is 2.68 bits per heavy atom. The Kier molecular flexibility index (Phi) is 8.81. The lowest BCUT2D eigenvalue weighted by Crippen LogP contribution is -2.52. The highest BCUT2D eigenvalue weighted by Crippen LogP contribution is 2.30. The minimum Gasteiger partial charge on any atom is -0.301 e. The molecule has 2 rings (SSSR count). The first-order valence-electron chi connectivity index (χ1n) is 9.56. The second-order valence-electron chi connectivity index (χ2n) is 7.39. The topological polar surface area (TPSA) is 115 Å². The van der Waals surface area contributed by atoms with Crippen molar-refractivity contribution >= 4 is 34.7 Å². The summed E-state index contributed by atoms with van der Waals surface area (Å²) in [5.74, 6) is -0.713. The lowest BCUT2D eigenvalue weighted by atomic mass is 9.92. The van der Waals surface area contributed by atoms with Crippen molar-refractivity contribution in [2.75, 3.05) is 18.4 Å². The third-order valence-electron chi connectivity index (χ3n) is 4.86. The smallest absolute Gasteiger partial charge is 0.242 e. The number of hydrogen-bond donors (Lipinski definition) is 3. The van der Waals surface area contributed by atoms with Gasteiger partial charge in [0, 0.05) is 17.6 Å². The summed E-state index contributed by atoms with van der Waals surface area (Å²) in [5.41, 5.74) is 2.79. The van der Waals surface area contributed by atoms with Crippen LogP contribution in [0, 0.1) is 11.8 Å². The summed E-state index contributed by atoms with van der Waals surface area (Å²) in [6, 6.07) is -0.116. The molecule has 1 aliphatic rings. The molecule has 3 amide bonds. The van der Waals surface area contributed by atoms with Crippen molar-refractivity contribution in [3.05, 3.63) is 11.6 Å². The number of nitrogens with one attached hydrogen (secondary N) is 2. The molecular weight excluding hydrogens is 382 g/mol. The van der Waals surface area contributed by atoms with Crippen LogP contribution in [-0.4, -0.2) is 57.6 Å². The third-order valence-corrected chi connectivity index (χ3v) is 5.55. The van der Waals surface area contributed by atoms with E-state index >= 15 is 0 Å². The normalized spacial score (nSPS) is 15.6. The van der Waals surface area contributed by atoms with Crippen LogP contribution in [-0.2, 0) is 14.4 Å². The zero-order chi connectivity index (χ0) is 20.5. The van der Waals surface area contributed by atoms with Crippen LogP contribution in [0.25, 0.3) is 0 Å². The summed E-state index contributed by atoms with van der Waals surface area (Å²) in [6.07, 6.45) is 6.91. The summed E-state index contributed by atoms with van der Waals surface area (Å²) in [6.45, 7) is 3.64. The Morgan fingerprint density at radius 2 is 2.11 bits per heavy atom. The highest BCUT2D eigenvalue weighted by atomic mass is 32.1. The van der Waals surface area contributed by atoms with Crippen LogP contribution in [0.4, 0.5) is 5.13 Å². The summed E-state index contributed by atoms with van der Waals surface area (Å²) >= 11 is 1.32. The number of thiazole rings is 1. The maximum atomic E-state index is 12.8. The van der Waals surface area contributed by atoms with E-state index in [1.165, 1.54) is 11.3 Å². The molecule has 0 aromatic carbocycles. The zero-order valence-electron chi connectivity index (χ0n) is 16.3. The molecule has 9 nitrogen and oxygen atoms in total. The van der Waals surface area contributed by atoms with Gasteiger partial charge in [0.05, 0.1) is 19.0 Å². The first-order valence-corrected chi connectivity index (χ1v) is 10.4. The Morgan fingerprint density at radius 1 is 1.39 bits per heavy atom. The van der Waals surface area contributed by atoms with Crippen LogP contribution >= 0.6 is 11.3 Å². The van der Waals surface area contributed by atoms with Gasteiger partial charge in [-0.2, -0.15) is 0 Å². The van der Waals surface area contributed by atoms with Crippen molar-refractivity contribution in [3.8, 4) is 0 Å². The van der Waals surface area contributed by atoms with Gasteiger partial charge in [0.1, 0.15) is 0 Å². The monoisotopic (exact) mass is 411 g/mol. The summed E-state index contributed by atoms with van der Waals surface area (Å²) < 4.78 is 0. The van der Waals surface area contributed by atoms with Crippen molar-refractivity contribution < 1.29 is 19.6 Å². The maximum Gasteiger partial charge on any atom is 0.242 e. The van der Waals surface area contributed by atoms with Gasteiger partial charge in [-0.25, -0.2) is 15.1 Å². The molecule has 1 aromatic rings. The average molecular weight is 412 g/mol. The number of amides is 3. The molecule has 0 radical (unpaired) electrons. The number of carbonyl (C=O) groups excluding carboxylic acids is 3. The van der Waals surface area contributed by atoms with Gasteiger partial charge in [0.25, 0.3) is 0 Å². The first-order chi connectivity index (χ1) is 13.4. The number of hydrazine groups is 1. The molecule has 156 valence electrons. The Hall–Kier alpha value is -2.04. The van der Waals surface area contributed by atoms with Crippen molar-refractivity contribution in [3.63, 3.8) is 0 Å². The molecule has 1 heterocycles. The van der Waals surface area contributed by atoms with Crippen molar-refractivity contribution in [2.24, 2.45) is 11.8 Å². The summed E-state index contributed by atoms with van der Waals surface area (Å²) in [7, 11) is 0. The fraction of sp³-hybridized carbons (Fsp3) is 0.667. The van der Waals surface area contributed by atoms with Gasteiger partial charge in [-0.15, -0.1) is 11.3 Å². The fourth-order valence-electron chi connectivity index (χ4n) is 3.36. The molecule has 3 N–H and O–H groups in total. The molecule has 10 heteroatoms. The van der Waals surface area contributed by atoms with E-state index in [-0.39, 0.29) is 30.9 Å². The van der Waals surface area contributed by atoms with Crippen LogP contribution in [0.5, 0.6) is 0 Å². The maximum absolute atomic E-state index is 12.8. The number of hydrogen-bond acceptors (Lipinski definition) is 7. The summed E-state index contributed by atoms with van der Waals surface area (Å²) in [5, 5.41) is 16.6. The number of anilines is 1. The van der Waals surface area contributed by atoms with E-state index in [2.05, 4.69) is 15.7 Å². The molecule has 0 aliphatic heterocycles. The van der Waals surface area contributed by atoms with Crippen molar-refractivity contribution in [1.29, 1.82) is 0 Å². The van der Waals surface area contributed by atoms with E-state index in [4.69, 9.17) is 0 Å². The van der Waals surface area contributed by atoms with Gasteiger partial charge >= 0.3 is 0 Å². The molecular formula is C18H29N5O4S. The Labute approximate surface area is 169 Å². The van der Waals surface area contributed by atoms with Gasteiger partial charge < -0.3 is 5.32 Å². The standard InChI is InChI=1S/C18H29N5O4S/c1-13(2)23(11-16(25)20-18-19-7-8-28-18)21-17(26)15(10-22(27)12-24)9-14-5-3-4-6-14/h7-8,12-15,27H,3-6,9-11H2,1-2H3,(H,21,26)(H,19,20,25)/t15-/m1/s1. The lowest BCUT2D eigenvalue weighted by molar-refractivity contribution is -0.156. The van der Waals surface area contributed by atoms with Crippen LogP contribution in [0.15, 0.2) is 11.6 Å². The second kappa shape index (κ2) is 11.1. The average Bonchev–Trinajstić information content (AvgIpc) is 3.34. The molecule has 0 unspecified atom stereocenters. The quantitative estimate of drug-likeness (QED) is 0.291. The second-order valence-corrected chi connectivity index (χ2v) is 8.29. The number of hydroxylamine groups is 2. The molecule has 1 aliphatic carbocycles.